The standard InChI is InChI=1S/C12H14N2O5/c1-6(15)9(12(18)19)14-11(17)8-4-2-3-7(5-8)10(13)16/h2-6,9,15H,1H3,(H2,13,16)(H,14,17)(H,18,19)/t6-,9+/m1/s1. The molecule has 0 heterocycles. The Morgan fingerprint density at radius 2 is 1.84 bits per heavy atom. The summed E-state index contributed by atoms with van der Waals surface area (Å²) in [6, 6.07) is 4.11. The molecule has 1 aromatic carbocycles. The van der Waals surface area contributed by atoms with E-state index in [1.807, 2.05) is 0 Å². The van der Waals surface area contributed by atoms with E-state index in [4.69, 9.17) is 10.8 Å². The van der Waals surface area contributed by atoms with Crippen LogP contribution >= 0.6 is 0 Å². The molecule has 0 aromatic heterocycles. The van der Waals surface area contributed by atoms with E-state index in [2.05, 4.69) is 5.32 Å². The van der Waals surface area contributed by atoms with Gasteiger partial charge in [0.05, 0.1) is 6.10 Å². The highest BCUT2D eigenvalue weighted by atomic mass is 16.4. The maximum absolute atomic E-state index is 11.8. The molecule has 0 spiro atoms. The predicted molar refractivity (Wildman–Crippen MR) is 65.5 cm³/mol. The van der Waals surface area contributed by atoms with Gasteiger partial charge in [0.1, 0.15) is 0 Å². The Bertz CT molecular complexity index is 513. The van der Waals surface area contributed by atoms with E-state index in [-0.39, 0.29) is 11.1 Å². The van der Waals surface area contributed by atoms with E-state index in [1.165, 1.54) is 31.2 Å². The first kappa shape index (κ1) is 14.7. The van der Waals surface area contributed by atoms with Crippen LogP contribution in [-0.4, -0.2) is 40.1 Å². The van der Waals surface area contributed by atoms with Crippen molar-refractivity contribution < 1.29 is 24.6 Å². The van der Waals surface area contributed by atoms with Crippen LogP contribution in [0.2, 0.25) is 0 Å². The van der Waals surface area contributed by atoms with Gasteiger partial charge in [0.25, 0.3) is 5.91 Å². The minimum atomic E-state index is -1.43. The second-order valence-electron chi connectivity index (χ2n) is 3.98. The number of carbonyl (C=O) groups is 3. The normalized spacial score (nSPS) is 13.4. The highest BCUT2D eigenvalue weighted by Crippen LogP contribution is 2.06. The third-order valence-corrected chi connectivity index (χ3v) is 2.44. The summed E-state index contributed by atoms with van der Waals surface area (Å²) < 4.78 is 0. The van der Waals surface area contributed by atoms with Crippen molar-refractivity contribution in [3.05, 3.63) is 35.4 Å². The summed E-state index contributed by atoms with van der Waals surface area (Å²) in [5.74, 6) is -2.76. The number of hydrogen-bond donors (Lipinski definition) is 4. The number of rotatable bonds is 5. The molecule has 0 aliphatic heterocycles. The molecule has 2 amide bonds. The maximum atomic E-state index is 11.8. The highest BCUT2D eigenvalue weighted by molar-refractivity contribution is 6.00. The fourth-order valence-electron chi connectivity index (χ4n) is 1.43. The summed E-state index contributed by atoms with van der Waals surface area (Å²) in [4.78, 5) is 33.6. The van der Waals surface area contributed by atoms with Gasteiger partial charge in [-0.05, 0) is 25.1 Å². The van der Waals surface area contributed by atoms with Gasteiger partial charge < -0.3 is 21.3 Å². The fraction of sp³-hybridized carbons (Fsp3) is 0.250. The number of amides is 2. The molecule has 2 atom stereocenters. The van der Waals surface area contributed by atoms with E-state index in [9.17, 15) is 19.5 Å². The van der Waals surface area contributed by atoms with Gasteiger partial charge in [0.15, 0.2) is 6.04 Å². The molecule has 7 nitrogen and oxygen atoms in total. The number of aliphatic hydroxyl groups excluding tert-OH is 1. The van der Waals surface area contributed by atoms with Gasteiger partial charge in [-0.3, -0.25) is 9.59 Å². The van der Waals surface area contributed by atoms with E-state index >= 15 is 0 Å². The molecule has 1 rings (SSSR count). The van der Waals surface area contributed by atoms with E-state index < -0.39 is 29.9 Å². The number of nitrogens with one attached hydrogen (secondary N) is 1. The summed E-state index contributed by atoms with van der Waals surface area (Å²) in [6.45, 7) is 1.25. The Kier molecular flexibility index (Phi) is 4.60. The molecule has 0 radical (unpaired) electrons. The molecule has 1 aromatic rings. The molecule has 5 N–H and O–H groups in total. The Labute approximate surface area is 109 Å². The SMILES string of the molecule is C[C@@H](O)[C@H](NC(=O)c1cccc(C(N)=O)c1)C(=O)O. The number of carboxylic acid groups (broad SMARTS) is 1. The Balaban J connectivity index is 2.91. The number of carbonyl (C=O) groups excluding carboxylic acids is 2. The molecule has 0 aliphatic rings. The lowest BCUT2D eigenvalue weighted by Gasteiger charge is -2.17. The second kappa shape index (κ2) is 5.96. The van der Waals surface area contributed by atoms with Crippen molar-refractivity contribution >= 4 is 17.8 Å². The molecule has 102 valence electrons. The van der Waals surface area contributed by atoms with Crippen molar-refractivity contribution in [3.63, 3.8) is 0 Å². The zero-order valence-corrected chi connectivity index (χ0v) is 10.2. The second-order valence-corrected chi connectivity index (χ2v) is 3.98. The summed E-state index contributed by atoms with van der Waals surface area (Å²) in [5.41, 5.74) is 5.30. The summed E-state index contributed by atoms with van der Waals surface area (Å²) in [5, 5.41) is 20.2. The van der Waals surface area contributed by atoms with Crippen LogP contribution in [0, 0.1) is 0 Å². The van der Waals surface area contributed by atoms with Crippen molar-refractivity contribution in [2.24, 2.45) is 5.73 Å². The van der Waals surface area contributed by atoms with Crippen molar-refractivity contribution in [3.8, 4) is 0 Å². The van der Waals surface area contributed by atoms with Gasteiger partial charge in [-0.15, -0.1) is 0 Å². The quantitative estimate of drug-likeness (QED) is 0.562. The van der Waals surface area contributed by atoms with Crippen molar-refractivity contribution in [1.82, 2.24) is 5.32 Å². The minimum Gasteiger partial charge on any atom is -0.480 e. The molecule has 0 unspecified atom stereocenters. The lowest BCUT2D eigenvalue weighted by molar-refractivity contribution is -0.141. The molecule has 0 bridgehead atoms. The van der Waals surface area contributed by atoms with Gasteiger partial charge >= 0.3 is 5.97 Å². The molecule has 0 saturated carbocycles. The first-order valence-corrected chi connectivity index (χ1v) is 5.44. The van der Waals surface area contributed by atoms with Crippen LogP contribution < -0.4 is 11.1 Å². The average molecular weight is 266 g/mol. The number of aliphatic carboxylic acids is 1. The Hall–Kier alpha value is -2.41. The largest absolute Gasteiger partial charge is 0.480 e. The monoisotopic (exact) mass is 266 g/mol. The third kappa shape index (κ3) is 3.78. The van der Waals surface area contributed by atoms with Crippen molar-refractivity contribution in [1.29, 1.82) is 0 Å². The van der Waals surface area contributed by atoms with Crippen LogP contribution in [0.5, 0.6) is 0 Å². The molecule has 0 saturated heterocycles. The number of primary amides is 1. The lowest BCUT2D eigenvalue weighted by atomic mass is 10.1. The summed E-state index contributed by atoms with van der Waals surface area (Å²) in [6.07, 6.45) is -1.25. The number of benzene rings is 1. The average Bonchev–Trinajstić information content (AvgIpc) is 2.34. The van der Waals surface area contributed by atoms with Crippen LogP contribution in [0.1, 0.15) is 27.6 Å². The minimum absolute atomic E-state index is 0.0863. The summed E-state index contributed by atoms with van der Waals surface area (Å²) >= 11 is 0. The van der Waals surface area contributed by atoms with Crippen LogP contribution in [0.15, 0.2) is 24.3 Å². The Morgan fingerprint density at radius 3 is 2.32 bits per heavy atom. The van der Waals surface area contributed by atoms with E-state index in [0.29, 0.717) is 0 Å². The fourth-order valence-corrected chi connectivity index (χ4v) is 1.43. The van der Waals surface area contributed by atoms with Gasteiger partial charge in [0, 0.05) is 11.1 Å². The number of hydrogen-bond acceptors (Lipinski definition) is 4. The van der Waals surface area contributed by atoms with Gasteiger partial charge in [-0.1, -0.05) is 6.07 Å². The van der Waals surface area contributed by atoms with Crippen molar-refractivity contribution in [2.45, 2.75) is 19.1 Å². The number of nitrogens with two attached hydrogens (primary N) is 1. The topological polar surface area (TPSA) is 130 Å². The predicted octanol–water partition coefficient (Wildman–Crippen LogP) is -0.651. The van der Waals surface area contributed by atoms with Gasteiger partial charge in [0.2, 0.25) is 5.91 Å². The zero-order chi connectivity index (χ0) is 14.6. The molecule has 0 fully saturated rings. The first-order chi connectivity index (χ1) is 8.82. The van der Waals surface area contributed by atoms with Gasteiger partial charge in [-0.25, -0.2) is 4.79 Å². The van der Waals surface area contributed by atoms with E-state index in [1.54, 1.807) is 0 Å². The zero-order valence-electron chi connectivity index (χ0n) is 10.2. The Morgan fingerprint density at radius 1 is 1.26 bits per heavy atom. The van der Waals surface area contributed by atoms with Crippen LogP contribution in [0.3, 0.4) is 0 Å². The first-order valence-electron chi connectivity index (χ1n) is 5.44. The maximum Gasteiger partial charge on any atom is 0.328 e. The summed E-state index contributed by atoms with van der Waals surface area (Å²) in [7, 11) is 0. The molecular weight excluding hydrogens is 252 g/mol. The van der Waals surface area contributed by atoms with E-state index in [0.717, 1.165) is 0 Å². The third-order valence-electron chi connectivity index (χ3n) is 2.44. The molecule has 19 heavy (non-hydrogen) atoms. The molecular formula is C12H14N2O5. The van der Waals surface area contributed by atoms with Crippen LogP contribution in [-0.2, 0) is 4.79 Å². The highest BCUT2D eigenvalue weighted by Gasteiger charge is 2.25. The molecule has 0 aliphatic carbocycles. The van der Waals surface area contributed by atoms with Crippen LogP contribution in [0.4, 0.5) is 0 Å². The van der Waals surface area contributed by atoms with Gasteiger partial charge in [-0.2, -0.15) is 0 Å². The number of aliphatic hydroxyl groups is 1. The number of carboxylic acids is 1. The lowest BCUT2D eigenvalue weighted by Crippen LogP contribution is -2.47. The van der Waals surface area contributed by atoms with Crippen molar-refractivity contribution in [2.75, 3.05) is 0 Å². The van der Waals surface area contributed by atoms with Crippen LogP contribution in [0.25, 0.3) is 0 Å². The smallest absolute Gasteiger partial charge is 0.328 e. The molecule has 7 heteroatoms.